The van der Waals surface area contributed by atoms with E-state index in [0.717, 1.165) is 29.7 Å². The third-order valence-corrected chi connectivity index (χ3v) is 5.95. The second-order valence-electron chi connectivity index (χ2n) is 9.06. The fourth-order valence-electron chi connectivity index (χ4n) is 4.03. The molecule has 180 valence electrons. The average Bonchev–Trinajstić information content (AvgIpc) is 2.77. The minimum absolute atomic E-state index is 0.0166. The van der Waals surface area contributed by atoms with Gasteiger partial charge in [0.15, 0.2) is 0 Å². The largest absolute Gasteiger partial charge is 0.377 e. The molecule has 0 saturated carbocycles. The topological polar surface area (TPSA) is 64.7 Å². The van der Waals surface area contributed by atoms with Crippen LogP contribution in [0.3, 0.4) is 0 Å². The first-order valence-corrected chi connectivity index (χ1v) is 11.9. The van der Waals surface area contributed by atoms with Crippen LogP contribution in [0.5, 0.6) is 0 Å². The van der Waals surface area contributed by atoms with Crippen molar-refractivity contribution in [1.82, 2.24) is 10.2 Å². The van der Waals surface area contributed by atoms with Crippen molar-refractivity contribution in [3.05, 3.63) is 59.7 Å². The van der Waals surface area contributed by atoms with E-state index in [1.807, 2.05) is 74.1 Å². The van der Waals surface area contributed by atoms with Gasteiger partial charge in [-0.3, -0.25) is 4.79 Å². The number of amides is 3. The SMILES string of the molecule is CCC(CC)C(=O)N(Cc1cc(NC(=O)NC(C)C)ccc1N(C)C)[C@@H](C)c1ccccc1. The maximum Gasteiger partial charge on any atom is 0.319 e. The van der Waals surface area contributed by atoms with Crippen molar-refractivity contribution >= 4 is 23.3 Å². The average molecular weight is 453 g/mol. The molecule has 0 aliphatic heterocycles. The molecule has 0 aliphatic rings. The summed E-state index contributed by atoms with van der Waals surface area (Å²) in [4.78, 5) is 29.9. The summed E-state index contributed by atoms with van der Waals surface area (Å²) in [7, 11) is 3.98. The van der Waals surface area contributed by atoms with Gasteiger partial charge in [-0.15, -0.1) is 0 Å². The van der Waals surface area contributed by atoms with Crippen LogP contribution in [0.15, 0.2) is 48.5 Å². The van der Waals surface area contributed by atoms with Gasteiger partial charge in [0.25, 0.3) is 0 Å². The van der Waals surface area contributed by atoms with Crippen LogP contribution < -0.4 is 15.5 Å². The van der Waals surface area contributed by atoms with Gasteiger partial charge < -0.3 is 20.4 Å². The molecule has 2 N–H and O–H groups in total. The minimum atomic E-state index is -0.240. The van der Waals surface area contributed by atoms with Crippen molar-refractivity contribution in [3.8, 4) is 0 Å². The van der Waals surface area contributed by atoms with Gasteiger partial charge in [0.2, 0.25) is 5.91 Å². The highest BCUT2D eigenvalue weighted by Gasteiger charge is 2.27. The molecule has 2 aromatic rings. The number of urea groups is 1. The number of hydrogen-bond donors (Lipinski definition) is 2. The Morgan fingerprint density at radius 1 is 0.939 bits per heavy atom. The van der Waals surface area contributed by atoms with Gasteiger partial charge >= 0.3 is 6.03 Å². The van der Waals surface area contributed by atoms with Gasteiger partial charge in [-0.05, 0) is 62.9 Å². The van der Waals surface area contributed by atoms with Gasteiger partial charge in [0.05, 0.1) is 6.04 Å². The van der Waals surface area contributed by atoms with Crippen molar-refractivity contribution in [2.75, 3.05) is 24.3 Å². The van der Waals surface area contributed by atoms with Crippen LogP contribution >= 0.6 is 0 Å². The van der Waals surface area contributed by atoms with Gasteiger partial charge in [-0.1, -0.05) is 44.2 Å². The Balaban J connectivity index is 2.44. The van der Waals surface area contributed by atoms with Gasteiger partial charge in [0.1, 0.15) is 0 Å². The lowest BCUT2D eigenvalue weighted by Crippen LogP contribution is -2.38. The Labute approximate surface area is 199 Å². The molecule has 0 spiro atoms. The number of carbonyl (C=O) groups is 2. The number of benzene rings is 2. The van der Waals surface area contributed by atoms with Crippen molar-refractivity contribution in [1.29, 1.82) is 0 Å². The molecule has 0 radical (unpaired) electrons. The van der Waals surface area contributed by atoms with Crippen molar-refractivity contribution in [3.63, 3.8) is 0 Å². The molecule has 1 atom stereocenters. The molecule has 33 heavy (non-hydrogen) atoms. The Bertz CT molecular complexity index is 908. The predicted molar refractivity (Wildman–Crippen MR) is 138 cm³/mol. The summed E-state index contributed by atoms with van der Waals surface area (Å²) in [5.41, 5.74) is 3.82. The van der Waals surface area contributed by atoms with E-state index in [1.165, 1.54) is 0 Å². The van der Waals surface area contributed by atoms with Gasteiger partial charge in [-0.2, -0.15) is 0 Å². The second-order valence-corrected chi connectivity index (χ2v) is 9.06. The van der Waals surface area contributed by atoms with E-state index >= 15 is 0 Å². The van der Waals surface area contributed by atoms with Crippen LogP contribution in [0.25, 0.3) is 0 Å². The van der Waals surface area contributed by atoms with Crippen LogP contribution in [0, 0.1) is 5.92 Å². The lowest BCUT2D eigenvalue weighted by molar-refractivity contribution is -0.138. The van der Waals surface area contributed by atoms with E-state index in [4.69, 9.17) is 0 Å². The first-order valence-electron chi connectivity index (χ1n) is 11.9. The van der Waals surface area contributed by atoms with Crippen molar-refractivity contribution in [2.24, 2.45) is 5.92 Å². The molecule has 6 heteroatoms. The van der Waals surface area contributed by atoms with E-state index in [0.29, 0.717) is 12.2 Å². The van der Waals surface area contributed by atoms with Crippen LogP contribution in [0.1, 0.15) is 64.6 Å². The maximum atomic E-state index is 13.6. The van der Waals surface area contributed by atoms with E-state index < -0.39 is 0 Å². The molecule has 0 heterocycles. The molecule has 0 aromatic heterocycles. The molecule has 0 bridgehead atoms. The molecular formula is C27H40N4O2. The van der Waals surface area contributed by atoms with Gasteiger partial charge in [0, 0.05) is 44.0 Å². The second kappa shape index (κ2) is 12.3. The zero-order valence-electron chi connectivity index (χ0n) is 21.2. The maximum absolute atomic E-state index is 13.6. The predicted octanol–water partition coefficient (Wildman–Crippen LogP) is 5.81. The summed E-state index contributed by atoms with van der Waals surface area (Å²) in [6, 6.07) is 15.7. The highest BCUT2D eigenvalue weighted by atomic mass is 16.2. The summed E-state index contributed by atoms with van der Waals surface area (Å²) in [5, 5.41) is 5.77. The molecular weight excluding hydrogens is 412 g/mol. The lowest BCUT2D eigenvalue weighted by atomic mass is 9.98. The summed E-state index contributed by atoms with van der Waals surface area (Å²) in [6.45, 7) is 10.5. The summed E-state index contributed by atoms with van der Waals surface area (Å²) >= 11 is 0. The number of nitrogens with zero attached hydrogens (tertiary/aromatic N) is 2. The minimum Gasteiger partial charge on any atom is -0.377 e. The van der Waals surface area contributed by atoms with E-state index in [9.17, 15) is 9.59 Å². The number of rotatable bonds is 10. The van der Waals surface area contributed by atoms with Crippen molar-refractivity contribution in [2.45, 2.75) is 66.1 Å². The summed E-state index contributed by atoms with van der Waals surface area (Å²) in [6.07, 6.45) is 1.62. The van der Waals surface area contributed by atoms with Crippen molar-refractivity contribution < 1.29 is 9.59 Å². The highest BCUT2D eigenvalue weighted by molar-refractivity contribution is 5.90. The lowest BCUT2D eigenvalue weighted by Gasteiger charge is -2.34. The van der Waals surface area contributed by atoms with Gasteiger partial charge in [-0.25, -0.2) is 4.79 Å². The molecule has 0 fully saturated rings. The molecule has 3 amide bonds. The normalized spacial score (nSPS) is 11.9. The monoisotopic (exact) mass is 452 g/mol. The number of nitrogens with one attached hydrogen (secondary N) is 2. The third kappa shape index (κ3) is 7.24. The highest BCUT2D eigenvalue weighted by Crippen LogP contribution is 2.30. The zero-order chi connectivity index (χ0) is 24.5. The molecule has 0 unspecified atom stereocenters. The van der Waals surface area contributed by atoms with E-state index in [-0.39, 0.29) is 29.9 Å². The number of anilines is 2. The summed E-state index contributed by atoms with van der Waals surface area (Å²) < 4.78 is 0. The molecule has 0 aliphatic carbocycles. The number of hydrogen-bond acceptors (Lipinski definition) is 3. The fraction of sp³-hybridized carbons (Fsp3) is 0.481. The Hall–Kier alpha value is -3.02. The fourth-order valence-corrected chi connectivity index (χ4v) is 4.03. The first kappa shape index (κ1) is 26.2. The van der Waals surface area contributed by atoms with Crippen LogP contribution in [0.2, 0.25) is 0 Å². The standard InChI is InChI=1S/C27H40N4O2/c1-8-21(9-2)26(32)31(20(5)22-13-11-10-12-14-22)18-23-17-24(15-16-25(23)30(6)7)29-27(33)28-19(3)4/h10-17,19-21H,8-9,18H2,1-7H3,(H2,28,29,33)/t20-/m0/s1. The zero-order valence-corrected chi connectivity index (χ0v) is 21.2. The Kier molecular flexibility index (Phi) is 9.76. The Morgan fingerprint density at radius 3 is 2.12 bits per heavy atom. The third-order valence-electron chi connectivity index (χ3n) is 5.95. The van der Waals surface area contributed by atoms with E-state index in [1.54, 1.807) is 0 Å². The molecule has 0 saturated heterocycles. The Morgan fingerprint density at radius 2 is 1.58 bits per heavy atom. The van der Waals surface area contributed by atoms with Crippen LogP contribution in [-0.2, 0) is 11.3 Å². The van der Waals surface area contributed by atoms with E-state index in [2.05, 4.69) is 43.5 Å². The molecule has 2 rings (SSSR count). The summed E-state index contributed by atoms with van der Waals surface area (Å²) in [5.74, 6) is 0.147. The van der Waals surface area contributed by atoms with Crippen LogP contribution in [0.4, 0.5) is 16.2 Å². The number of carbonyl (C=O) groups excluding carboxylic acids is 2. The first-order chi connectivity index (χ1) is 15.7. The smallest absolute Gasteiger partial charge is 0.319 e. The molecule has 2 aromatic carbocycles. The van der Waals surface area contributed by atoms with Crippen LogP contribution in [-0.4, -0.2) is 37.0 Å². The quantitative estimate of drug-likeness (QED) is 0.478. The molecule has 6 nitrogen and oxygen atoms in total.